The highest BCUT2D eigenvalue weighted by Crippen LogP contribution is 2.30. The topological polar surface area (TPSA) is 99.9 Å². The van der Waals surface area contributed by atoms with Crippen LogP contribution in [-0.4, -0.2) is 21.1 Å². The van der Waals surface area contributed by atoms with E-state index in [9.17, 15) is 0 Å². The third kappa shape index (κ3) is 1.74. The van der Waals surface area contributed by atoms with Crippen LogP contribution in [0.1, 0.15) is 31.7 Å². The summed E-state index contributed by atoms with van der Waals surface area (Å²) in [5.74, 6) is 0.839. The van der Waals surface area contributed by atoms with E-state index in [-0.39, 0.29) is 24.1 Å². The third-order valence-electron chi connectivity index (χ3n) is 2.21. The normalized spacial score (nSPS) is 26.6. The molecule has 0 spiro atoms. The van der Waals surface area contributed by atoms with Crippen LogP contribution in [0.4, 0.5) is 11.9 Å². The van der Waals surface area contributed by atoms with Crippen LogP contribution in [0.3, 0.4) is 0 Å². The molecule has 6 nitrogen and oxygen atoms in total. The van der Waals surface area contributed by atoms with E-state index in [1.165, 1.54) is 0 Å². The first-order valence-electron chi connectivity index (χ1n) is 4.57. The van der Waals surface area contributed by atoms with Gasteiger partial charge in [0.05, 0.1) is 6.10 Å². The van der Waals surface area contributed by atoms with Gasteiger partial charge in [0.2, 0.25) is 11.9 Å². The van der Waals surface area contributed by atoms with Crippen molar-refractivity contribution in [3.05, 3.63) is 5.82 Å². The average molecular weight is 195 g/mol. The fourth-order valence-electron chi connectivity index (χ4n) is 1.56. The average Bonchev–Trinajstić information content (AvgIpc) is 2.50. The molecule has 14 heavy (non-hydrogen) atoms. The molecule has 0 bridgehead atoms. The number of nitrogens with zero attached hydrogens (tertiary/aromatic N) is 3. The zero-order valence-electron chi connectivity index (χ0n) is 7.97. The van der Waals surface area contributed by atoms with Gasteiger partial charge in [-0.15, -0.1) is 0 Å². The maximum Gasteiger partial charge on any atom is 0.225 e. The minimum Gasteiger partial charge on any atom is -0.368 e. The third-order valence-corrected chi connectivity index (χ3v) is 2.21. The number of aromatic nitrogens is 3. The predicted octanol–water partition coefficient (Wildman–Crippen LogP) is 0.276. The Morgan fingerprint density at radius 1 is 1.14 bits per heavy atom. The maximum atomic E-state index is 5.59. The number of nitrogens with two attached hydrogens (primary N) is 2. The van der Waals surface area contributed by atoms with E-state index in [2.05, 4.69) is 15.0 Å². The zero-order valence-corrected chi connectivity index (χ0v) is 7.97. The van der Waals surface area contributed by atoms with Gasteiger partial charge in [0, 0.05) is 0 Å². The summed E-state index contributed by atoms with van der Waals surface area (Å²) < 4.78 is 5.59. The van der Waals surface area contributed by atoms with Gasteiger partial charge in [-0.1, -0.05) is 0 Å². The SMILES string of the molecule is CC1CCC(c2nc(N)nc(N)n2)O1. The largest absolute Gasteiger partial charge is 0.368 e. The Balaban J connectivity index is 2.23. The summed E-state index contributed by atoms with van der Waals surface area (Å²) in [6.45, 7) is 2.02. The van der Waals surface area contributed by atoms with Gasteiger partial charge in [0.15, 0.2) is 5.82 Å². The Labute approximate surface area is 81.7 Å². The Bertz CT molecular complexity index is 322. The van der Waals surface area contributed by atoms with E-state index in [0.717, 1.165) is 12.8 Å². The van der Waals surface area contributed by atoms with E-state index in [4.69, 9.17) is 16.2 Å². The molecule has 1 saturated heterocycles. The van der Waals surface area contributed by atoms with Crippen molar-refractivity contribution in [2.45, 2.75) is 32.0 Å². The van der Waals surface area contributed by atoms with Gasteiger partial charge >= 0.3 is 0 Å². The Kier molecular flexibility index (Phi) is 2.20. The first-order chi connectivity index (χ1) is 6.65. The van der Waals surface area contributed by atoms with Crippen molar-refractivity contribution in [1.29, 1.82) is 0 Å². The molecule has 6 heteroatoms. The second-order valence-corrected chi connectivity index (χ2v) is 3.42. The monoisotopic (exact) mass is 195 g/mol. The van der Waals surface area contributed by atoms with Crippen molar-refractivity contribution >= 4 is 11.9 Å². The standard InChI is InChI=1S/C8H13N5O/c1-4-2-3-5(14-4)6-11-7(9)13-8(10)12-6/h4-5H,2-3H2,1H3,(H4,9,10,11,12,13). The lowest BCUT2D eigenvalue weighted by Crippen LogP contribution is -2.11. The van der Waals surface area contributed by atoms with Gasteiger partial charge in [0.25, 0.3) is 0 Å². The highest BCUT2D eigenvalue weighted by Gasteiger charge is 2.26. The smallest absolute Gasteiger partial charge is 0.225 e. The minimum atomic E-state index is -0.0856. The zero-order chi connectivity index (χ0) is 10.1. The van der Waals surface area contributed by atoms with Crippen LogP contribution in [0.15, 0.2) is 0 Å². The van der Waals surface area contributed by atoms with E-state index in [0.29, 0.717) is 5.82 Å². The van der Waals surface area contributed by atoms with Crippen molar-refractivity contribution in [2.24, 2.45) is 0 Å². The fraction of sp³-hybridized carbons (Fsp3) is 0.625. The van der Waals surface area contributed by atoms with E-state index in [1.807, 2.05) is 6.92 Å². The summed E-state index contributed by atoms with van der Waals surface area (Å²) in [6, 6.07) is 0. The minimum absolute atomic E-state index is 0.0856. The molecular weight excluding hydrogens is 182 g/mol. The molecule has 0 amide bonds. The Morgan fingerprint density at radius 2 is 1.79 bits per heavy atom. The molecule has 1 fully saturated rings. The highest BCUT2D eigenvalue weighted by atomic mass is 16.5. The van der Waals surface area contributed by atoms with Crippen LogP contribution in [0.2, 0.25) is 0 Å². The Hall–Kier alpha value is -1.43. The quantitative estimate of drug-likeness (QED) is 0.667. The molecule has 2 unspecified atom stereocenters. The molecular formula is C8H13N5O. The molecule has 1 aliphatic rings. The summed E-state index contributed by atoms with van der Waals surface area (Å²) in [6.07, 6.45) is 2.08. The van der Waals surface area contributed by atoms with Gasteiger partial charge in [0.1, 0.15) is 6.10 Å². The number of hydrogen-bond donors (Lipinski definition) is 2. The van der Waals surface area contributed by atoms with Gasteiger partial charge in [-0.3, -0.25) is 0 Å². The van der Waals surface area contributed by atoms with Crippen molar-refractivity contribution in [1.82, 2.24) is 15.0 Å². The predicted molar refractivity (Wildman–Crippen MR) is 51.2 cm³/mol. The van der Waals surface area contributed by atoms with Crippen LogP contribution in [0, 0.1) is 0 Å². The molecule has 2 atom stereocenters. The van der Waals surface area contributed by atoms with Gasteiger partial charge in [-0.05, 0) is 19.8 Å². The van der Waals surface area contributed by atoms with Gasteiger partial charge in [-0.25, -0.2) is 0 Å². The highest BCUT2D eigenvalue weighted by molar-refractivity contribution is 5.26. The lowest BCUT2D eigenvalue weighted by atomic mass is 10.2. The summed E-state index contributed by atoms with van der Waals surface area (Å²) in [7, 11) is 0. The summed E-state index contributed by atoms with van der Waals surface area (Å²) in [4.78, 5) is 11.7. The van der Waals surface area contributed by atoms with Crippen LogP contribution in [-0.2, 0) is 4.74 Å². The molecule has 2 rings (SSSR count). The molecule has 4 N–H and O–H groups in total. The molecule has 0 aliphatic carbocycles. The number of rotatable bonds is 1. The van der Waals surface area contributed by atoms with Crippen molar-refractivity contribution in [3.63, 3.8) is 0 Å². The number of nitrogen functional groups attached to an aromatic ring is 2. The molecule has 0 aromatic carbocycles. The lowest BCUT2D eigenvalue weighted by molar-refractivity contribution is 0.0503. The molecule has 1 aromatic heterocycles. The van der Waals surface area contributed by atoms with Crippen LogP contribution in [0.25, 0.3) is 0 Å². The number of ether oxygens (including phenoxy) is 1. The van der Waals surface area contributed by atoms with E-state index < -0.39 is 0 Å². The van der Waals surface area contributed by atoms with Crippen LogP contribution in [0.5, 0.6) is 0 Å². The first-order valence-corrected chi connectivity index (χ1v) is 4.57. The Morgan fingerprint density at radius 3 is 2.29 bits per heavy atom. The second-order valence-electron chi connectivity index (χ2n) is 3.42. The summed E-state index contributed by atoms with van der Waals surface area (Å²) >= 11 is 0. The summed E-state index contributed by atoms with van der Waals surface area (Å²) in [5, 5.41) is 0. The maximum absolute atomic E-state index is 5.59. The van der Waals surface area contributed by atoms with Crippen LogP contribution >= 0.6 is 0 Å². The van der Waals surface area contributed by atoms with Gasteiger partial charge < -0.3 is 16.2 Å². The summed E-state index contributed by atoms with van der Waals surface area (Å²) in [5.41, 5.74) is 10.9. The van der Waals surface area contributed by atoms with E-state index in [1.54, 1.807) is 0 Å². The molecule has 0 radical (unpaired) electrons. The molecule has 76 valence electrons. The van der Waals surface area contributed by atoms with Crippen molar-refractivity contribution < 1.29 is 4.74 Å². The fourth-order valence-corrected chi connectivity index (χ4v) is 1.56. The van der Waals surface area contributed by atoms with Crippen molar-refractivity contribution in [3.8, 4) is 0 Å². The van der Waals surface area contributed by atoms with Crippen LogP contribution < -0.4 is 11.5 Å². The molecule has 1 aromatic rings. The first kappa shape index (κ1) is 9.14. The lowest BCUT2D eigenvalue weighted by Gasteiger charge is -2.09. The van der Waals surface area contributed by atoms with Gasteiger partial charge in [-0.2, -0.15) is 15.0 Å². The molecule has 0 saturated carbocycles. The second kappa shape index (κ2) is 3.38. The number of hydrogen-bond acceptors (Lipinski definition) is 6. The number of anilines is 2. The van der Waals surface area contributed by atoms with E-state index >= 15 is 0 Å². The molecule has 2 heterocycles. The molecule has 1 aliphatic heterocycles. The van der Waals surface area contributed by atoms with Crippen molar-refractivity contribution in [2.75, 3.05) is 11.5 Å².